The Morgan fingerprint density at radius 1 is 1.12 bits per heavy atom. The van der Waals surface area contributed by atoms with Crippen molar-refractivity contribution in [2.45, 2.75) is 26.8 Å². The minimum Gasteiger partial charge on any atom is -0.364 e. The molecule has 32 heavy (non-hydrogen) atoms. The van der Waals surface area contributed by atoms with Gasteiger partial charge in [-0.05, 0) is 43.7 Å². The fraction of sp³-hybridized carbons (Fsp3) is 0.167. The van der Waals surface area contributed by atoms with Crippen LogP contribution in [0.15, 0.2) is 59.2 Å². The van der Waals surface area contributed by atoms with E-state index in [1.807, 2.05) is 60.1 Å². The number of carbonyl (C=O) groups excluding carboxylic acids is 1. The predicted octanol–water partition coefficient (Wildman–Crippen LogP) is 4.53. The van der Waals surface area contributed by atoms with Crippen LogP contribution in [0.5, 0.6) is 0 Å². The molecule has 5 aromatic rings. The Bertz CT molecular complexity index is 1500. The van der Waals surface area contributed by atoms with Gasteiger partial charge in [0.25, 0.3) is 5.91 Å². The van der Waals surface area contributed by atoms with Gasteiger partial charge in [-0.2, -0.15) is 5.10 Å². The highest BCUT2D eigenvalue weighted by atomic mass is 79.9. The lowest BCUT2D eigenvalue weighted by atomic mass is 10.0. The van der Waals surface area contributed by atoms with Crippen molar-refractivity contribution in [3.8, 4) is 11.3 Å². The zero-order valence-electron chi connectivity index (χ0n) is 17.7. The second-order valence-corrected chi connectivity index (χ2v) is 8.59. The lowest BCUT2D eigenvalue weighted by Crippen LogP contribution is -2.15. The Morgan fingerprint density at radius 2 is 1.94 bits per heavy atom. The van der Waals surface area contributed by atoms with E-state index in [1.165, 1.54) is 0 Å². The highest BCUT2D eigenvalue weighted by molar-refractivity contribution is 9.10. The quantitative estimate of drug-likeness (QED) is 0.393. The first-order valence-electron chi connectivity index (χ1n) is 10.3. The first-order chi connectivity index (χ1) is 15.5. The van der Waals surface area contributed by atoms with Gasteiger partial charge in [-0.1, -0.05) is 41.1 Å². The number of fused-ring (bicyclic) bond motifs is 2. The van der Waals surface area contributed by atoms with Crippen molar-refractivity contribution >= 4 is 38.4 Å². The molecule has 0 radical (unpaired) electrons. The zero-order valence-corrected chi connectivity index (χ0v) is 19.3. The number of amides is 1. The molecular formula is C24H21BrN6O. The number of nitrogens with two attached hydrogens (primary N) is 1. The number of imidazole rings is 1. The van der Waals surface area contributed by atoms with Crippen LogP contribution in [-0.2, 0) is 13.0 Å². The Balaban J connectivity index is 1.75. The summed E-state index contributed by atoms with van der Waals surface area (Å²) in [6, 6.07) is 15.7. The molecule has 0 unspecified atom stereocenters. The topological polar surface area (TPSA) is 91.1 Å². The summed E-state index contributed by atoms with van der Waals surface area (Å²) in [7, 11) is 0. The van der Waals surface area contributed by atoms with Gasteiger partial charge in [-0.25, -0.2) is 4.98 Å². The Labute approximate surface area is 193 Å². The molecule has 0 aliphatic heterocycles. The molecule has 0 fully saturated rings. The monoisotopic (exact) mass is 488 g/mol. The average molecular weight is 489 g/mol. The standard InChI is InChI=1S/C24H21BrN6O/c1-3-18-21-17(22-23(24(26)32)30-11-10-15(25)12-20(30)28-22)8-5-9-19(21)31(29-18)13-16-7-4-6-14(2)27-16/h4-12H,3,13H2,1-2H3,(H2,26,32). The summed E-state index contributed by atoms with van der Waals surface area (Å²) in [5, 5.41) is 5.86. The van der Waals surface area contributed by atoms with Gasteiger partial charge < -0.3 is 5.73 Å². The maximum atomic E-state index is 12.4. The van der Waals surface area contributed by atoms with Crippen LogP contribution < -0.4 is 5.73 Å². The molecule has 0 bridgehead atoms. The van der Waals surface area contributed by atoms with E-state index in [0.717, 1.165) is 44.4 Å². The van der Waals surface area contributed by atoms with Gasteiger partial charge in [0, 0.05) is 27.3 Å². The van der Waals surface area contributed by atoms with Crippen LogP contribution in [0.1, 0.15) is 34.5 Å². The van der Waals surface area contributed by atoms with Crippen molar-refractivity contribution < 1.29 is 4.79 Å². The molecule has 0 saturated carbocycles. The summed E-state index contributed by atoms with van der Waals surface area (Å²) >= 11 is 3.47. The van der Waals surface area contributed by atoms with Crippen molar-refractivity contribution in [1.82, 2.24) is 24.1 Å². The molecule has 4 aromatic heterocycles. The molecular weight excluding hydrogens is 468 g/mol. The number of hydrogen-bond acceptors (Lipinski definition) is 4. The van der Waals surface area contributed by atoms with Crippen LogP contribution in [0.2, 0.25) is 0 Å². The summed E-state index contributed by atoms with van der Waals surface area (Å²) in [4.78, 5) is 21.8. The van der Waals surface area contributed by atoms with E-state index in [9.17, 15) is 4.79 Å². The highest BCUT2D eigenvalue weighted by Crippen LogP contribution is 2.34. The third-order valence-corrected chi connectivity index (χ3v) is 6.01. The summed E-state index contributed by atoms with van der Waals surface area (Å²) in [5.74, 6) is -0.527. The van der Waals surface area contributed by atoms with E-state index in [4.69, 9.17) is 15.8 Å². The van der Waals surface area contributed by atoms with Crippen molar-refractivity contribution in [2.24, 2.45) is 5.73 Å². The summed E-state index contributed by atoms with van der Waals surface area (Å²) in [6.07, 6.45) is 2.54. The van der Waals surface area contributed by atoms with Crippen molar-refractivity contribution in [3.05, 3.63) is 82.0 Å². The van der Waals surface area contributed by atoms with Crippen molar-refractivity contribution in [1.29, 1.82) is 0 Å². The van der Waals surface area contributed by atoms with Crippen LogP contribution in [0.25, 0.3) is 27.8 Å². The second kappa shape index (κ2) is 7.87. The Morgan fingerprint density at radius 3 is 2.69 bits per heavy atom. The molecule has 4 heterocycles. The zero-order chi connectivity index (χ0) is 22.4. The SMILES string of the molecule is CCc1nn(Cc2cccc(C)n2)c2cccc(-c3nc4cc(Br)ccn4c3C(N)=O)c12. The third kappa shape index (κ3) is 3.36. The third-order valence-electron chi connectivity index (χ3n) is 5.52. The Hall–Kier alpha value is -3.52. The van der Waals surface area contributed by atoms with E-state index in [2.05, 4.69) is 27.8 Å². The van der Waals surface area contributed by atoms with Crippen molar-refractivity contribution in [2.75, 3.05) is 0 Å². The van der Waals surface area contributed by atoms with E-state index in [0.29, 0.717) is 23.6 Å². The largest absolute Gasteiger partial charge is 0.364 e. The van der Waals surface area contributed by atoms with E-state index in [-0.39, 0.29) is 0 Å². The first kappa shape index (κ1) is 20.4. The number of halogens is 1. The summed E-state index contributed by atoms with van der Waals surface area (Å²) in [6.45, 7) is 4.61. The minimum absolute atomic E-state index is 0.357. The number of aryl methyl sites for hydroxylation is 2. The number of hydrogen-bond donors (Lipinski definition) is 1. The van der Waals surface area contributed by atoms with Crippen molar-refractivity contribution in [3.63, 3.8) is 0 Å². The summed E-state index contributed by atoms with van der Waals surface area (Å²) in [5.41, 5.74) is 12.0. The van der Waals surface area contributed by atoms with E-state index < -0.39 is 5.91 Å². The highest BCUT2D eigenvalue weighted by Gasteiger charge is 2.23. The molecule has 0 aliphatic rings. The maximum absolute atomic E-state index is 12.4. The number of pyridine rings is 2. The molecule has 160 valence electrons. The second-order valence-electron chi connectivity index (χ2n) is 7.67. The number of nitrogens with zero attached hydrogens (tertiary/aromatic N) is 5. The minimum atomic E-state index is -0.527. The molecule has 0 spiro atoms. The van der Waals surface area contributed by atoms with Gasteiger partial charge in [0.05, 0.1) is 23.4 Å². The van der Waals surface area contributed by atoms with Crippen LogP contribution in [0.3, 0.4) is 0 Å². The maximum Gasteiger partial charge on any atom is 0.268 e. The smallest absolute Gasteiger partial charge is 0.268 e. The van der Waals surface area contributed by atoms with Crippen LogP contribution in [-0.4, -0.2) is 30.1 Å². The van der Waals surface area contributed by atoms with Gasteiger partial charge in [-0.15, -0.1) is 0 Å². The number of benzene rings is 1. The normalized spacial score (nSPS) is 11.5. The predicted molar refractivity (Wildman–Crippen MR) is 128 cm³/mol. The number of primary amides is 1. The van der Waals surface area contributed by atoms with Crippen LogP contribution in [0, 0.1) is 6.92 Å². The molecule has 2 N–H and O–H groups in total. The van der Waals surface area contributed by atoms with Gasteiger partial charge >= 0.3 is 0 Å². The van der Waals surface area contributed by atoms with Crippen LogP contribution >= 0.6 is 15.9 Å². The van der Waals surface area contributed by atoms with Gasteiger partial charge in [-0.3, -0.25) is 18.9 Å². The van der Waals surface area contributed by atoms with Gasteiger partial charge in [0.1, 0.15) is 17.0 Å². The molecule has 1 aromatic carbocycles. The number of aromatic nitrogens is 5. The fourth-order valence-electron chi connectivity index (χ4n) is 4.16. The Kier molecular flexibility index (Phi) is 5.01. The molecule has 1 amide bonds. The molecule has 0 atom stereocenters. The van der Waals surface area contributed by atoms with E-state index >= 15 is 0 Å². The molecule has 0 saturated heterocycles. The van der Waals surface area contributed by atoms with Crippen LogP contribution in [0.4, 0.5) is 0 Å². The molecule has 8 heteroatoms. The molecule has 7 nitrogen and oxygen atoms in total. The molecule has 0 aliphatic carbocycles. The number of rotatable bonds is 5. The number of carbonyl (C=O) groups is 1. The molecule has 5 rings (SSSR count). The van der Waals surface area contributed by atoms with E-state index in [1.54, 1.807) is 10.6 Å². The summed E-state index contributed by atoms with van der Waals surface area (Å²) < 4.78 is 4.58. The lowest BCUT2D eigenvalue weighted by molar-refractivity contribution is 0.0995. The van der Waals surface area contributed by atoms with Gasteiger partial charge in [0.15, 0.2) is 0 Å². The van der Waals surface area contributed by atoms with Gasteiger partial charge in [0.2, 0.25) is 0 Å². The fourth-order valence-corrected chi connectivity index (χ4v) is 4.48. The first-order valence-corrected chi connectivity index (χ1v) is 11.1. The lowest BCUT2D eigenvalue weighted by Gasteiger charge is -2.06. The average Bonchev–Trinajstić information content (AvgIpc) is 3.32.